The van der Waals surface area contributed by atoms with Crippen LogP contribution in [0.3, 0.4) is 0 Å². The third-order valence-corrected chi connectivity index (χ3v) is 1.77. The van der Waals surface area contributed by atoms with E-state index in [0.717, 1.165) is 6.54 Å². The van der Waals surface area contributed by atoms with Gasteiger partial charge in [-0.2, -0.15) is 0 Å². The van der Waals surface area contributed by atoms with Crippen LogP contribution in [0.2, 0.25) is 0 Å². The normalized spacial score (nSPS) is 36.0. The van der Waals surface area contributed by atoms with Crippen molar-refractivity contribution in [3.8, 4) is 0 Å². The molecule has 0 amide bonds. The zero-order valence-corrected chi connectivity index (χ0v) is 5.89. The van der Waals surface area contributed by atoms with Gasteiger partial charge in [-0.15, -0.1) is 0 Å². The largest absolute Gasteiger partial charge is 0.312 e. The Morgan fingerprint density at radius 1 is 1.44 bits per heavy atom. The third kappa shape index (κ3) is 1.40. The summed E-state index contributed by atoms with van der Waals surface area (Å²) in [5.74, 6) is 0. The fourth-order valence-electron chi connectivity index (χ4n) is 1.14. The smallest absolute Gasteiger partial charge is 0.129 e. The summed E-state index contributed by atoms with van der Waals surface area (Å²) in [6.07, 6.45) is -0.681. The second-order valence-corrected chi connectivity index (χ2v) is 2.71. The van der Waals surface area contributed by atoms with Crippen molar-refractivity contribution in [2.75, 3.05) is 27.2 Å². The Labute approximate surface area is 55.0 Å². The first kappa shape index (κ1) is 6.96. The lowest BCUT2D eigenvalue weighted by molar-refractivity contribution is 0.202. The van der Waals surface area contributed by atoms with E-state index >= 15 is 0 Å². The molecule has 1 aliphatic rings. The molecule has 3 heteroatoms. The van der Waals surface area contributed by atoms with Gasteiger partial charge in [0.25, 0.3) is 0 Å². The maximum atomic E-state index is 12.7. The van der Waals surface area contributed by atoms with Gasteiger partial charge in [-0.3, -0.25) is 0 Å². The van der Waals surface area contributed by atoms with E-state index < -0.39 is 6.17 Å². The maximum Gasteiger partial charge on any atom is 0.129 e. The zero-order chi connectivity index (χ0) is 6.85. The van der Waals surface area contributed by atoms with Crippen LogP contribution in [0.1, 0.15) is 0 Å². The molecule has 0 aromatic rings. The van der Waals surface area contributed by atoms with Crippen molar-refractivity contribution in [2.45, 2.75) is 12.2 Å². The van der Waals surface area contributed by atoms with E-state index in [9.17, 15) is 4.39 Å². The van der Waals surface area contributed by atoms with E-state index in [1.807, 2.05) is 19.0 Å². The molecular weight excluding hydrogens is 119 g/mol. The molecule has 0 aliphatic carbocycles. The van der Waals surface area contributed by atoms with Crippen LogP contribution in [-0.2, 0) is 0 Å². The highest BCUT2D eigenvalue weighted by Crippen LogP contribution is 2.08. The summed E-state index contributed by atoms with van der Waals surface area (Å²) in [5, 5.41) is 2.99. The highest BCUT2D eigenvalue weighted by Gasteiger charge is 2.27. The van der Waals surface area contributed by atoms with Crippen molar-refractivity contribution in [3.05, 3.63) is 0 Å². The van der Waals surface area contributed by atoms with Crippen molar-refractivity contribution in [1.29, 1.82) is 0 Å². The fourth-order valence-corrected chi connectivity index (χ4v) is 1.14. The maximum absolute atomic E-state index is 12.7. The summed E-state index contributed by atoms with van der Waals surface area (Å²) in [7, 11) is 3.81. The van der Waals surface area contributed by atoms with Crippen molar-refractivity contribution in [2.24, 2.45) is 0 Å². The van der Waals surface area contributed by atoms with Gasteiger partial charge in [0.1, 0.15) is 6.17 Å². The van der Waals surface area contributed by atoms with Crippen LogP contribution >= 0.6 is 0 Å². The number of hydrogen-bond donors (Lipinski definition) is 1. The lowest BCUT2D eigenvalue weighted by atomic mass is 10.2. The summed E-state index contributed by atoms with van der Waals surface area (Å²) < 4.78 is 12.7. The minimum absolute atomic E-state index is 0.0880. The Balaban J connectivity index is 2.40. The summed E-state index contributed by atoms with van der Waals surface area (Å²) in [6, 6.07) is 0.0880. The Morgan fingerprint density at radius 2 is 2.11 bits per heavy atom. The van der Waals surface area contributed by atoms with E-state index in [1.54, 1.807) is 0 Å². The first-order chi connectivity index (χ1) is 4.22. The average molecular weight is 132 g/mol. The molecule has 0 spiro atoms. The molecule has 0 aromatic carbocycles. The van der Waals surface area contributed by atoms with Crippen LogP contribution in [0, 0.1) is 0 Å². The number of alkyl halides is 1. The van der Waals surface area contributed by atoms with E-state index in [0.29, 0.717) is 6.54 Å². The predicted octanol–water partition coefficient (Wildman–Crippen LogP) is -0.142. The molecule has 0 radical (unpaired) electrons. The quantitative estimate of drug-likeness (QED) is 0.534. The highest BCUT2D eigenvalue weighted by molar-refractivity contribution is 4.86. The van der Waals surface area contributed by atoms with Gasteiger partial charge < -0.3 is 10.2 Å². The molecule has 1 aliphatic heterocycles. The van der Waals surface area contributed by atoms with Gasteiger partial charge in [0.2, 0.25) is 0 Å². The zero-order valence-electron chi connectivity index (χ0n) is 5.89. The minimum atomic E-state index is -0.681. The van der Waals surface area contributed by atoms with Gasteiger partial charge >= 0.3 is 0 Å². The van der Waals surface area contributed by atoms with Crippen molar-refractivity contribution in [3.63, 3.8) is 0 Å². The summed E-state index contributed by atoms with van der Waals surface area (Å²) in [6.45, 7) is 1.30. The molecule has 0 unspecified atom stereocenters. The van der Waals surface area contributed by atoms with Gasteiger partial charge in [-0.25, -0.2) is 4.39 Å². The van der Waals surface area contributed by atoms with Crippen LogP contribution in [0.5, 0.6) is 0 Å². The molecule has 1 N–H and O–H groups in total. The fraction of sp³-hybridized carbons (Fsp3) is 1.00. The topological polar surface area (TPSA) is 15.3 Å². The van der Waals surface area contributed by atoms with E-state index in [-0.39, 0.29) is 6.04 Å². The van der Waals surface area contributed by atoms with Crippen LogP contribution in [0.15, 0.2) is 0 Å². The molecule has 0 aromatic heterocycles. The number of nitrogens with zero attached hydrogens (tertiary/aromatic N) is 1. The lowest BCUT2D eigenvalue weighted by Crippen LogP contribution is -2.35. The van der Waals surface area contributed by atoms with Crippen LogP contribution in [0.25, 0.3) is 0 Å². The molecular formula is C6H13FN2. The molecule has 2 atom stereocenters. The van der Waals surface area contributed by atoms with Gasteiger partial charge in [0, 0.05) is 13.1 Å². The molecule has 1 fully saturated rings. The molecule has 0 bridgehead atoms. The average Bonchev–Trinajstić information content (AvgIpc) is 2.13. The van der Waals surface area contributed by atoms with Crippen LogP contribution in [-0.4, -0.2) is 44.3 Å². The standard InChI is InChI=1S/C6H13FN2/c1-9(2)6-4-8-3-5(6)7/h5-6,8H,3-4H2,1-2H3/t5-,6+/m0/s1. The van der Waals surface area contributed by atoms with E-state index in [1.165, 1.54) is 0 Å². The molecule has 0 saturated carbocycles. The monoisotopic (exact) mass is 132 g/mol. The Morgan fingerprint density at radius 3 is 2.33 bits per heavy atom. The van der Waals surface area contributed by atoms with Gasteiger partial charge in [0.05, 0.1) is 6.04 Å². The highest BCUT2D eigenvalue weighted by atomic mass is 19.1. The Bertz CT molecular complexity index is 95.1. The molecule has 54 valence electrons. The van der Waals surface area contributed by atoms with Gasteiger partial charge in [-0.1, -0.05) is 0 Å². The number of hydrogen-bond acceptors (Lipinski definition) is 2. The SMILES string of the molecule is CN(C)[C@@H]1CNC[C@@H]1F. The molecule has 1 heterocycles. The third-order valence-electron chi connectivity index (χ3n) is 1.77. The van der Waals surface area contributed by atoms with Gasteiger partial charge in [0.15, 0.2) is 0 Å². The number of likely N-dealkylation sites (N-methyl/N-ethyl adjacent to an activating group) is 1. The number of rotatable bonds is 1. The van der Waals surface area contributed by atoms with Crippen LogP contribution in [0.4, 0.5) is 4.39 Å². The summed E-state index contributed by atoms with van der Waals surface area (Å²) in [5.41, 5.74) is 0. The summed E-state index contributed by atoms with van der Waals surface area (Å²) in [4.78, 5) is 1.92. The first-order valence-corrected chi connectivity index (χ1v) is 3.23. The second kappa shape index (κ2) is 2.62. The van der Waals surface area contributed by atoms with Crippen molar-refractivity contribution < 1.29 is 4.39 Å². The molecule has 2 nitrogen and oxygen atoms in total. The van der Waals surface area contributed by atoms with E-state index in [2.05, 4.69) is 5.32 Å². The van der Waals surface area contributed by atoms with Crippen LogP contribution < -0.4 is 5.32 Å². The Kier molecular flexibility index (Phi) is 2.03. The second-order valence-electron chi connectivity index (χ2n) is 2.71. The Hall–Kier alpha value is -0.150. The minimum Gasteiger partial charge on any atom is -0.312 e. The summed E-state index contributed by atoms with van der Waals surface area (Å²) >= 11 is 0. The number of nitrogens with one attached hydrogen (secondary N) is 1. The van der Waals surface area contributed by atoms with Crippen molar-refractivity contribution in [1.82, 2.24) is 10.2 Å². The van der Waals surface area contributed by atoms with Crippen molar-refractivity contribution >= 4 is 0 Å². The first-order valence-electron chi connectivity index (χ1n) is 3.23. The molecule has 1 rings (SSSR count). The van der Waals surface area contributed by atoms with Gasteiger partial charge in [-0.05, 0) is 14.1 Å². The lowest BCUT2D eigenvalue weighted by Gasteiger charge is -2.19. The molecule has 9 heavy (non-hydrogen) atoms. The predicted molar refractivity (Wildman–Crippen MR) is 35.2 cm³/mol. The van der Waals surface area contributed by atoms with E-state index in [4.69, 9.17) is 0 Å². The number of halogens is 1. The molecule has 1 saturated heterocycles.